The summed E-state index contributed by atoms with van der Waals surface area (Å²) in [5, 5.41) is 18.6. The lowest BCUT2D eigenvalue weighted by molar-refractivity contribution is -0.151. The number of nitrogens with two attached hydrogens (primary N) is 1. The SMILES string of the molecule is CCC(C)(C)C(=O)OC.CCC(C)(C)C(=O)OC.CCC(C)(Cl)C(=O)NCCO.CCC(C)c1ccccc1.CCC(C)c1ccccc1.NCCO. The van der Waals surface area contributed by atoms with Crippen molar-refractivity contribution in [2.45, 2.75) is 132 Å². The zero-order chi connectivity index (χ0) is 42.1. The number of benzene rings is 2. The van der Waals surface area contributed by atoms with E-state index in [4.69, 9.17) is 27.5 Å². The van der Waals surface area contributed by atoms with E-state index in [0.717, 1.165) is 12.8 Å². The number of amides is 1. The van der Waals surface area contributed by atoms with Crippen molar-refractivity contribution in [2.24, 2.45) is 16.6 Å². The fourth-order valence-electron chi connectivity index (χ4n) is 3.39. The van der Waals surface area contributed by atoms with Gasteiger partial charge in [-0.1, -0.05) is 109 Å². The number of nitrogens with one attached hydrogen (secondary N) is 1. The third kappa shape index (κ3) is 29.1. The Morgan fingerprint density at radius 2 is 1.00 bits per heavy atom. The molecule has 0 radical (unpaired) electrons. The quantitative estimate of drug-likeness (QED) is 0.117. The molecule has 1 amide bonds. The van der Waals surface area contributed by atoms with Gasteiger partial charge in [-0.25, -0.2) is 0 Å². The first-order valence-electron chi connectivity index (χ1n) is 18.9. The van der Waals surface area contributed by atoms with Crippen molar-refractivity contribution in [3.63, 3.8) is 0 Å². The van der Waals surface area contributed by atoms with Crippen LogP contribution in [0, 0.1) is 10.8 Å². The predicted molar refractivity (Wildman–Crippen MR) is 223 cm³/mol. The minimum atomic E-state index is -0.838. The van der Waals surface area contributed by atoms with Gasteiger partial charge in [0.15, 0.2) is 0 Å². The molecule has 0 heterocycles. The highest BCUT2D eigenvalue weighted by Crippen LogP contribution is 2.22. The zero-order valence-electron chi connectivity index (χ0n) is 35.7. The smallest absolute Gasteiger partial charge is 0.311 e. The molecule has 0 saturated heterocycles. The van der Waals surface area contributed by atoms with Crippen LogP contribution in [0.3, 0.4) is 0 Å². The number of carbonyl (C=O) groups is 3. The predicted octanol–water partition coefficient (Wildman–Crippen LogP) is 9.03. The van der Waals surface area contributed by atoms with Crippen LogP contribution >= 0.6 is 11.6 Å². The van der Waals surface area contributed by atoms with E-state index in [1.807, 2.05) is 48.5 Å². The molecule has 53 heavy (non-hydrogen) atoms. The Kier molecular flexibility index (Phi) is 36.0. The number of ether oxygens (including phenoxy) is 2. The lowest BCUT2D eigenvalue weighted by Gasteiger charge is -2.18. The van der Waals surface area contributed by atoms with Crippen LogP contribution in [0.5, 0.6) is 0 Å². The third-order valence-corrected chi connectivity index (χ3v) is 9.31. The number of halogens is 1. The Bertz CT molecular complexity index is 1080. The summed E-state index contributed by atoms with van der Waals surface area (Å²) in [5.41, 5.74) is 7.05. The summed E-state index contributed by atoms with van der Waals surface area (Å²) < 4.78 is 9.13. The van der Waals surface area contributed by atoms with Gasteiger partial charge in [-0.3, -0.25) is 14.4 Å². The van der Waals surface area contributed by atoms with E-state index >= 15 is 0 Å². The molecule has 2 aromatic carbocycles. The van der Waals surface area contributed by atoms with Crippen molar-refractivity contribution in [3.8, 4) is 0 Å². The molecule has 9 nitrogen and oxygen atoms in total. The van der Waals surface area contributed by atoms with E-state index in [1.165, 1.54) is 38.2 Å². The molecule has 5 N–H and O–H groups in total. The summed E-state index contributed by atoms with van der Waals surface area (Å²) >= 11 is 5.81. The van der Waals surface area contributed by atoms with E-state index in [1.54, 1.807) is 6.92 Å². The molecular weight excluding hydrogens is 692 g/mol. The highest BCUT2D eigenvalue weighted by molar-refractivity contribution is 6.34. The van der Waals surface area contributed by atoms with Gasteiger partial charge in [0, 0.05) is 13.1 Å². The molecule has 0 aliphatic rings. The van der Waals surface area contributed by atoms with Crippen molar-refractivity contribution in [1.82, 2.24) is 5.32 Å². The molecule has 0 aliphatic carbocycles. The second-order valence-corrected chi connectivity index (χ2v) is 14.8. The fourth-order valence-corrected chi connectivity index (χ4v) is 3.46. The number of aliphatic hydroxyl groups is 2. The summed E-state index contributed by atoms with van der Waals surface area (Å²) in [5.74, 6) is 0.924. The van der Waals surface area contributed by atoms with E-state index in [0.29, 0.717) is 24.8 Å². The van der Waals surface area contributed by atoms with Gasteiger partial charge in [-0.15, -0.1) is 11.6 Å². The minimum Gasteiger partial charge on any atom is -0.469 e. The number of hydrogen-bond donors (Lipinski definition) is 4. The maximum absolute atomic E-state index is 11.1. The Morgan fingerprint density at radius 1 is 0.679 bits per heavy atom. The molecule has 2 rings (SSSR count). The second kappa shape index (κ2) is 33.6. The molecule has 0 fully saturated rings. The average Bonchev–Trinajstić information content (AvgIpc) is 3.19. The molecule has 0 bridgehead atoms. The van der Waals surface area contributed by atoms with Crippen molar-refractivity contribution in [1.29, 1.82) is 0 Å². The van der Waals surface area contributed by atoms with Crippen molar-refractivity contribution < 1.29 is 34.1 Å². The van der Waals surface area contributed by atoms with Crippen molar-refractivity contribution in [3.05, 3.63) is 71.8 Å². The van der Waals surface area contributed by atoms with Gasteiger partial charge in [0.2, 0.25) is 5.91 Å². The van der Waals surface area contributed by atoms with Crippen LogP contribution < -0.4 is 11.1 Å². The number of methoxy groups -OCH3 is 2. The van der Waals surface area contributed by atoms with E-state index in [2.05, 4.69) is 103 Å². The molecule has 308 valence electrons. The highest BCUT2D eigenvalue weighted by atomic mass is 35.5. The summed E-state index contributed by atoms with van der Waals surface area (Å²) in [7, 11) is 2.83. The number of esters is 2. The second-order valence-electron chi connectivity index (χ2n) is 13.9. The molecule has 0 aliphatic heterocycles. The van der Waals surface area contributed by atoms with Crippen LogP contribution in [0.15, 0.2) is 60.7 Å². The molecular formula is C43H77ClN2O7. The Morgan fingerprint density at radius 3 is 1.19 bits per heavy atom. The normalized spacial score (nSPS) is 12.5. The number of hydrogen-bond acceptors (Lipinski definition) is 8. The van der Waals surface area contributed by atoms with E-state index < -0.39 is 4.87 Å². The minimum absolute atomic E-state index is 0.0532. The standard InChI is InChI=1S/2C10H14.C7H14ClNO2.2C7H14O2.C2H7NO/c2*1-3-9(2)10-7-5-4-6-8-10;1-3-7(2,8)6(11)9-4-5-10;2*1-5-7(2,3)6(8)9-4;3-1-2-4/h2*4-9H,3H2,1-2H3;10H,3-5H2,1-2H3,(H,9,11);2*5H2,1-4H3;4H,1-3H2. The van der Waals surface area contributed by atoms with Crippen molar-refractivity contribution >= 4 is 29.4 Å². The van der Waals surface area contributed by atoms with Gasteiger partial charge in [-0.2, -0.15) is 0 Å². The topological polar surface area (TPSA) is 148 Å². The van der Waals surface area contributed by atoms with Crippen LogP contribution in [0.25, 0.3) is 0 Å². The Balaban J connectivity index is -0.000000276. The molecule has 0 spiro atoms. The summed E-state index contributed by atoms with van der Waals surface area (Å²) in [4.78, 5) is 31.9. The van der Waals surface area contributed by atoms with Gasteiger partial charge >= 0.3 is 11.9 Å². The molecule has 3 unspecified atom stereocenters. The van der Waals surface area contributed by atoms with Gasteiger partial charge in [0.05, 0.1) is 38.3 Å². The summed E-state index contributed by atoms with van der Waals surface area (Å²) in [6, 6.07) is 21.3. The maximum atomic E-state index is 11.1. The Labute approximate surface area is 328 Å². The molecule has 0 saturated carbocycles. The van der Waals surface area contributed by atoms with Crippen LogP contribution in [-0.2, 0) is 23.9 Å². The van der Waals surface area contributed by atoms with Crippen molar-refractivity contribution in [2.75, 3.05) is 40.5 Å². The monoisotopic (exact) mass is 769 g/mol. The third-order valence-electron chi connectivity index (χ3n) is 8.87. The van der Waals surface area contributed by atoms with Crippen LogP contribution in [0.4, 0.5) is 0 Å². The first-order valence-corrected chi connectivity index (χ1v) is 19.3. The first kappa shape index (κ1) is 56.8. The highest BCUT2D eigenvalue weighted by Gasteiger charge is 2.28. The van der Waals surface area contributed by atoms with Gasteiger partial charge in [0.1, 0.15) is 4.87 Å². The number of aliphatic hydroxyl groups excluding tert-OH is 2. The van der Waals surface area contributed by atoms with Gasteiger partial charge < -0.3 is 30.7 Å². The molecule has 10 heteroatoms. The largest absolute Gasteiger partial charge is 0.469 e. The van der Waals surface area contributed by atoms with Crippen LogP contribution in [0.2, 0.25) is 0 Å². The number of carbonyl (C=O) groups excluding carboxylic acids is 3. The maximum Gasteiger partial charge on any atom is 0.311 e. The fraction of sp³-hybridized carbons (Fsp3) is 0.651. The number of rotatable bonds is 13. The van der Waals surface area contributed by atoms with Crippen LogP contribution in [0.1, 0.15) is 138 Å². The lowest BCUT2D eigenvalue weighted by atomic mass is 9.91. The molecule has 0 aromatic heterocycles. The zero-order valence-corrected chi connectivity index (χ0v) is 36.4. The van der Waals surface area contributed by atoms with Gasteiger partial charge in [-0.05, 0) is 89.7 Å². The summed E-state index contributed by atoms with van der Waals surface area (Å²) in [6.45, 7) is 24.6. The number of alkyl halides is 1. The van der Waals surface area contributed by atoms with E-state index in [-0.39, 0.29) is 48.4 Å². The molecule has 3 atom stereocenters. The Hall–Kier alpha value is -2.98. The first-order chi connectivity index (χ1) is 24.7. The van der Waals surface area contributed by atoms with Crippen LogP contribution in [-0.4, -0.2) is 73.5 Å². The molecule has 2 aromatic rings. The van der Waals surface area contributed by atoms with E-state index in [9.17, 15) is 14.4 Å². The lowest BCUT2D eigenvalue weighted by Crippen LogP contribution is -2.40. The van der Waals surface area contributed by atoms with Gasteiger partial charge in [0.25, 0.3) is 0 Å². The average molecular weight is 770 g/mol. The summed E-state index contributed by atoms with van der Waals surface area (Å²) in [6.07, 6.45) is 4.67.